The highest BCUT2D eigenvalue weighted by Gasteiger charge is 2.28. The molecular formula is C14H18FN3O3. The monoisotopic (exact) mass is 295 g/mol. The lowest BCUT2D eigenvalue weighted by Gasteiger charge is -2.32. The van der Waals surface area contributed by atoms with Crippen molar-refractivity contribution in [3.63, 3.8) is 0 Å². The number of hydrogen-bond donors (Lipinski definition) is 3. The van der Waals surface area contributed by atoms with Crippen LogP contribution in [-0.2, 0) is 9.53 Å². The molecule has 1 saturated heterocycles. The van der Waals surface area contributed by atoms with Crippen molar-refractivity contribution in [1.82, 2.24) is 0 Å². The summed E-state index contributed by atoms with van der Waals surface area (Å²) >= 11 is 0. The van der Waals surface area contributed by atoms with Crippen LogP contribution in [0.4, 0.5) is 10.1 Å². The van der Waals surface area contributed by atoms with Crippen LogP contribution in [0.5, 0.6) is 0 Å². The minimum atomic E-state index is -1.27. The fraction of sp³-hybridized carbons (Fsp3) is 0.357. The number of aliphatic carboxylic acids is 1. The highest BCUT2D eigenvalue weighted by Crippen LogP contribution is 2.30. The van der Waals surface area contributed by atoms with Gasteiger partial charge < -0.3 is 15.6 Å². The van der Waals surface area contributed by atoms with Crippen LogP contribution in [0.2, 0.25) is 0 Å². The highest BCUT2D eigenvalue weighted by molar-refractivity contribution is 5.87. The van der Waals surface area contributed by atoms with Gasteiger partial charge in [-0.2, -0.15) is 0 Å². The van der Waals surface area contributed by atoms with Gasteiger partial charge >= 0.3 is 5.97 Å². The standard InChI is InChI=1S/C14H18FN3O3/c15-10-3-1-2-4-11(10)18(17)13(12(16)14(19)20)9-5-7-21-8-6-9/h1-4,9H,5-8,16-17H2,(H,19,20)/b13-12-. The van der Waals surface area contributed by atoms with Gasteiger partial charge in [-0.25, -0.2) is 15.0 Å². The molecule has 1 aromatic carbocycles. The zero-order valence-corrected chi connectivity index (χ0v) is 11.5. The summed E-state index contributed by atoms with van der Waals surface area (Å²) in [5.74, 6) is 3.97. The topological polar surface area (TPSA) is 102 Å². The van der Waals surface area contributed by atoms with Gasteiger partial charge in [0.05, 0.1) is 11.4 Å². The third-order valence-corrected chi connectivity index (χ3v) is 3.49. The molecule has 0 saturated carbocycles. The van der Waals surface area contributed by atoms with Crippen LogP contribution in [0.1, 0.15) is 12.8 Å². The van der Waals surface area contributed by atoms with E-state index in [4.69, 9.17) is 21.4 Å². The Hall–Kier alpha value is -2.12. The second-order valence-corrected chi connectivity index (χ2v) is 4.81. The Morgan fingerprint density at radius 3 is 2.52 bits per heavy atom. The number of hydrazine groups is 1. The SMILES string of the molecule is N/C(C(=O)O)=C(/C1CCOCC1)N(N)c1ccccc1F. The molecule has 0 aromatic heterocycles. The van der Waals surface area contributed by atoms with Crippen LogP contribution in [0.25, 0.3) is 0 Å². The van der Waals surface area contributed by atoms with Gasteiger partial charge in [-0.1, -0.05) is 12.1 Å². The normalized spacial score (nSPS) is 17.2. The fourth-order valence-electron chi connectivity index (χ4n) is 2.40. The van der Waals surface area contributed by atoms with Crippen molar-refractivity contribution in [2.45, 2.75) is 12.8 Å². The number of halogens is 1. The maximum Gasteiger partial charge on any atom is 0.353 e. The Balaban J connectivity index is 2.42. The Kier molecular flexibility index (Phi) is 4.77. The van der Waals surface area contributed by atoms with Crippen molar-refractivity contribution in [3.8, 4) is 0 Å². The van der Waals surface area contributed by atoms with Crippen LogP contribution in [-0.4, -0.2) is 24.3 Å². The van der Waals surface area contributed by atoms with E-state index in [2.05, 4.69) is 0 Å². The summed E-state index contributed by atoms with van der Waals surface area (Å²) in [6.45, 7) is 0.984. The first-order chi connectivity index (χ1) is 10.0. The quantitative estimate of drug-likeness (QED) is 0.438. The molecule has 1 aliphatic rings. The van der Waals surface area contributed by atoms with Crippen molar-refractivity contribution in [2.75, 3.05) is 18.2 Å². The number of nitrogens with zero attached hydrogens (tertiary/aromatic N) is 1. The molecule has 0 bridgehead atoms. The van der Waals surface area contributed by atoms with Gasteiger partial charge in [0.15, 0.2) is 0 Å². The van der Waals surface area contributed by atoms with Crippen molar-refractivity contribution in [2.24, 2.45) is 17.5 Å². The second-order valence-electron chi connectivity index (χ2n) is 4.81. The smallest absolute Gasteiger partial charge is 0.353 e. The minimum absolute atomic E-state index is 0.0863. The number of carboxylic acid groups (broad SMARTS) is 1. The van der Waals surface area contributed by atoms with Crippen LogP contribution in [0, 0.1) is 11.7 Å². The van der Waals surface area contributed by atoms with Gasteiger partial charge in [-0.15, -0.1) is 0 Å². The lowest BCUT2D eigenvalue weighted by molar-refractivity contribution is -0.132. The van der Waals surface area contributed by atoms with Crippen molar-refractivity contribution in [3.05, 3.63) is 41.5 Å². The molecule has 1 aromatic rings. The first-order valence-corrected chi connectivity index (χ1v) is 6.62. The predicted molar refractivity (Wildman–Crippen MR) is 75.5 cm³/mol. The van der Waals surface area contributed by atoms with E-state index in [0.29, 0.717) is 26.1 Å². The lowest BCUT2D eigenvalue weighted by atomic mass is 9.94. The maximum atomic E-state index is 13.9. The van der Waals surface area contributed by atoms with Crippen molar-refractivity contribution in [1.29, 1.82) is 0 Å². The molecule has 6 nitrogen and oxygen atoms in total. The number of carboxylic acids is 1. The molecule has 7 heteroatoms. The minimum Gasteiger partial charge on any atom is -0.477 e. The van der Waals surface area contributed by atoms with E-state index in [1.165, 1.54) is 18.2 Å². The molecule has 0 atom stereocenters. The molecule has 0 aliphatic carbocycles. The number of nitrogens with two attached hydrogens (primary N) is 2. The van der Waals surface area contributed by atoms with Gasteiger partial charge in [0.25, 0.3) is 0 Å². The van der Waals surface area contributed by atoms with Gasteiger partial charge in [0.1, 0.15) is 11.5 Å². The molecule has 2 rings (SSSR count). The van der Waals surface area contributed by atoms with Crippen LogP contribution in [0.3, 0.4) is 0 Å². The molecule has 0 spiro atoms. The van der Waals surface area contributed by atoms with E-state index >= 15 is 0 Å². The molecule has 1 fully saturated rings. The van der Waals surface area contributed by atoms with E-state index in [1.807, 2.05) is 0 Å². The Morgan fingerprint density at radius 1 is 1.33 bits per heavy atom. The number of carbonyl (C=O) groups is 1. The summed E-state index contributed by atoms with van der Waals surface area (Å²) in [6.07, 6.45) is 1.18. The van der Waals surface area contributed by atoms with Crippen LogP contribution in [0.15, 0.2) is 35.7 Å². The Morgan fingerprint density at radius 2 is 1.95 bits per heavy atom. The van der Waals surface area contributed by atoms with E-state index < -0.39 is 11.8 Å². The van der Waals surface area contributed by atoms with E-state index in [0.717, 1.165) is 5.01 Å². The number of benzene rings is 1. The zero-order valence-electron chi connectivity index (χ0n) is 11.5. The molecule has 0 unspecified atom stereocenters. The first-order valence-electron chi connectivity index (χ1n) is 6.62. The summed E-state index contributed by atoms with van der Waals surface area (Å²) in [7, 11) is 0. The van der Waals surface area contributed by atoms with E-state index in [-0.39, 0.29) is 23.0 Å². The van der Waals surface area contributed by atoms with Crippen LogP contribution < -0.4 is 16.6 Å². The number of allylic oxidation sites excluding steroid dienone is 1. The predicted octanol–water partition coefficient (Wildman–Crippen LogP) is 1.19. The third-order valence-electron chi connectivity index (χ3n) is 3.49. The number of anilines is 1. The summed E-state index contributed by atoms with van der Waals surface area (Å²) < 4.78 is 19.1. The Labute approximate surface area is 121 Å². The molecule has 1 aliphatic heterocycles. The average Bonchev–Trinajstić information content (AvgIpc) is 2.48. The molecule has 114 valence electrons. The van der Waals surface area contributed by atoms with Crippen LogP contribution >= 0.6 is 0 Å². The summed E-state index contributed by atoms with van der Waals surface area (Å²) in [5.41, 5.74) is 5.61. The summed E-state index contributed by atoms with van der Waals surface area (Å²) in [4.78, 5) is 11.2. The van der Waals surface area contributed by atoms with Gasteiger partial charge in [0, 0.05) is 19.1 Å². The molecule has 1 heterocycles. The number of para-hydroxylation sites is 1. The third kappa shape index (κ3) is 3.32. The number of ether oxygens (including phenoxy) is 1. The van der Waals surface area contributed by atoms with Crippen molar-refractivity contribution < 1.29 is 19.0 Å². The molecule has 21 heavy (non-hydrogen) atoms. The maximum absolute atomic E-state index is 13.9. The summed E-state index contributed by atoms with van der Waals surface area (Å²) in [6, 6.07) is 5.89. The molecule has 5 N–H and O–H groups in total. The zero-order chi connectivity index (χ0) is 15.4. The van der Waals surface area contributed by atoms with E-state index in [9.17, 15) is 9.18 Å². The first kappa shape index (κ1) is 15.3. The highest BCUT2D eigenvalue weighted by atomic mass is 19.1. The molecule has 0 amide bonds. The fourth-order valence-corrected chi connectivity index (χ4v) is 2.40. The molecular weight excluding hydrogens is 277 g/mol. The average molecular weight is 295 g/mol. The van der Waals surface area contributed by atoms with Gasteiger partial charge in [0.2, 0.25) is 0 Å². The summed E-state index contributed by atoms with van der Waals surface area (Å²) in [5, 5.41) is 10.2. The lowest BCUT2D eigenvalue weighted by Crippen LogP contribution is -2.39. The van der Waals surface area contributed by atoms with Crippen molar-refractivity contribution >= 4 is 11.7 Å². The van der Waals surface area contributed by atoms with E-state index in [1.54, 1.807) is 6.07 Å². The van der Waals surface area contributed by atoms with Gasteiger partial charge in [-0.05, 0) is 25.0 Å². The largest absolute Gasteiger partial charge is 0.477 e. The Bertz CT molecular complexity index is 556. The number of hydrogen-bond acceptors (Lipinski definition) is 5. The second kappa shape index (κ2) is 6.55. The molecule has 0 radical (unpaired) electrons. The number of rotatable bonds is 4. The van der Waals surface area contributed by atoms with Gasteiger partial charge in [-0.3, -0.25) is 5.01 Å².